The first kappa shape index (κ1) is 19.8. The molecule has 7 nitrogen and oxygen atoms in total. The summed E-state index contributed by atoms with van der Waals surface area (Å²) in [4.78, 5) is 44.5. The number of nitrogens with zero attached hydrogens (tertiary/aromatic N) is 1. The molecule has 0 aliphatic carbocycles. The van der Waals surface area contributed by atoms with Gasteiger partial charge >= 0.3 is 11.9 Å². The van der Waals surface area contributed by atoms with Gasteiger partial charge in [-0.25, -0.2) is 14.6 Å². The zero-order valence-corrected chi connectivity index (χ0v) is 16.5. The molecular weight excluding hydrogens is 356 g/mol. The van der Waals surface area contributed by atoms with Crippen molar-refractivity contribution in [3.8, 4) is 0 Å². The van der Waals surface area contributed by atoms with Crippen molar-refractivity contribution in [2.24, 2.45) is 0 Å². The monoisotopic (exact) mass is 378 g/mol. The number of aromatic amines is 1. The number of nitrogens with one attached hydrogen (secondary N) is 1. The predicted octanol–water partition coefficient (Wildman–Crippen LogP) is 3.31. The molecule has 1 N–H and O–H groups in total. The van der Waals surface area contributed by atoms with Gasteiger partial charge < -0.3 is 14.5 Å². The van der Waals surface area contributed by atoms with Crippen LogP contribution < -0.4 is 0 Å². The summed E-state index contributed by atoms with van der Waals surface area (Å²) in [5, 5.41) is 0.753. The smallest absolute Gasteiger partial charge is 0.350 e. The van der Waals surface area contributed by atoms with Crippen LogP contribution in [-0.2, 0) is 9.47 Å². The van der Waals surface area contributed by atoms with Gasteiger partial charge in [-0.3, -0.25) is 4.79 Å². The van der Waals surface area contributed by atoms with Crippen molar-refractivity contribution in [2.45, 2.75) is 47.6 Å². The van der Waals surface area contributed by atoms with Crippen LogP contribution in [0, 0.1) is 27.7 Å². The van der Waals surface area contributed by atoms with E-state index in [0.717, 1.165) is 5.01 Å². The Morgan fingerprint density at radius 1 is 1.15 bits per heavy atom. The Morgan fingerprint density at radius 2 is 1.81 bits per heavy atom. The summed E-state index contributed by atoms with van der Waals surface area (Å²) < 4.78 is 10.3. The Bertz CT molecular complexity index is 865. The molecule has 0 spiro atoms. The highest BCUT2D eigenvalue weighted by Gasteiger charge is 2.28. The number of carbonyl (C=O) groups excluding carboxylic acids is 3. The van der Waals surface area contributed by atoms with Gasteiger partial charge in [-0.1, -0.05) is 0 Å². The first-order valence-electron chi connectivity index (χ1n) is 8.22. The summed E-state index contributed by atoms with van der Waals surface area (Å²) in [7, 11) is 0. The van der Waals surface area contributed by atoms with Crippen molar-refractivity contribution in [1.82, 2.24) is 9.97 Å². The number of aryl methyl sites for hydroxylation is 3. The number of carbonyl (C=O) groups is 3. The van der Waals surface area contributed by atoms with Crippen LogP contribution in [0.15, 0.2) is 0 Å². The van der Waals surface area contributed by atoms with E-state index in [4.69, 9.17) is 9.47 Å². The third-order valence-electron chi connectivity index (χ3n) is 3.91. The lowest BCUT2D eigenvalue weighted by molar-refractivity contribution is 0.0320. The topological polar surface area (TPSA) is 98.4 Å². The second-order valence-electron chi connectivity index (χ2n) is 5.90. The Morgan fingerprint density at radius 3 is 2.35 bits per heavy atom. The second-order valence-corrected chi connectivity index (χ2v) is 7.11. The lowest BCUT2D eigenvalue weighted by atomic mass is 10.1. The third kappa shape index (κ3) is 3.85. The quantitative estimate of drug-likeness (QED) is 0.612. The highest BCUT2D eigenvalue weighted by atomic mass is 32.1. The van der Waals surface area contributed by atoms with Gasteiger partial charge in [0.1, 0.15) is 4.88 Å². The van der Waals surface area contributed by atoms with E-state index in [1.807, 2.05) is 0 Å². The van der Waals surface area contributed by atoms with Crippen LogP contribution in [0.1, 0.15) is 66.3 Å². The van der Waals surface area contributed by atoms with Crippen LogP contribution in [-0.4, -0.2) is 40.4 Å². The fourth-order valence-electron chi connectivity index (χ4n) is 2.70. The Balaban J connectivity index is 2.21. The average Bonchev–Trinajstić information content (AvgIpc) is 3.05. The molecule has 0 saturated heterocycles. The van der Waals surface area contributed by atoms with Gasteiger partial charge in [-0.2, -0.15) is 0 Å². The van der Waals surface area contributed by atoms with E-state index >= 15 is 0 Å². The summed E-state index contributed by atoms with van der Waals surface area (Å²) in [6, 6.07) is 0. The molecule has 26 heavy (non-hydrogen) atoms. The van der Waals surface area contributed by atoms with Crippen LogP contribution in [0.5, 0.6) is 0 Å². The van der Waals surface area contributed by atoms with E-state index in [1.54, 1.807) is 34.6 Å². The van der Waals surface area contributed by atoms with Crippen molar-refractivity contribution in [3.63, 3.8) is 0 Å². The molecule has 0 fully saturated rings. The number of esters is 2. The number of thiazole rings is 1. The van der Waals surface area contributed by atoms with Crippen LogP contribution in [0.25, 0.3) is 0 Å². The van der Waals surface area contributed by atoms with E-state index in [1.165, 1.54) is 18.3 Å². The molecule has 0 aliphatic heterocycles. The van der Waals surface area contributed by atoms with Crippen LogP contribution in [0.3, 0.4) is 0 Å². The number of H-pyrrole nitrogens is 1. The number of Topliss-reactive ketones (excluding diaryl/α,β-unsaturated/α-hetero) is 1. The highest BCUT2D eigenvalue weighted by molar-refractivity contribution is 7.13. The molecular formula is C18H22N2O5S. The second kappa shape index (κ2) is 7.82. The fourth-order valence-corrected chi connectivity index (χ4v) is 3.50. The molecule has 0 bridgehead atoms. The summed E-state index contributed by atoms with van der Waals surface area (Å²) >= 11 is 1.23. The lowest BCUT2D eigenvalue weighted by Gasteiger charge is -2.11. The summed E-state index contributed by atoms with van der Waals surface area (Å²) in [5.74, 6) is -1.48. The van der Waals surface area contributed by atoms with E-state index < -0.39 is 23.8 Å². The summed E-state index contributed by atoms with van der Waals surface area (Å²) in [6.45, 7) is 10.3. The predicted molar refractivity (Wildman–Crippen MR) is 97.0 cm³/mol. The van der Waals surface area contributed by atoms with Crippen molar-refractivity contribution in [3.05, 3.63) is 38.1 Å². The van der Waals surface area contributed by atoms with Crippen molar-refractivity contribution in [2.75, 3.05) is 6.61 Å². The molecule has 2 rings (SSSR count). The van der Waals surface area contributed by atoms with Gasteiger partial charge in [0.15, 0.2) is 6.10 Å². The molecule has 2 heterocycles. The molecule has 0 radical (unpaired) electrons. The molecule has 0 saturated carbocycles. The number of hydrogen-bond acceptors (Lipinski definition) is 7. The minimum Gasteiger partial charge on any atom is -0.462 e. The zero-order valence-electron chi connectivity index (χ0n) is 15.7. The lowest BCUT2D eigenvalue weighted by Crippen LogP contribution is -2.25. The minimum absolute atomic E-state index is 0.239. The highest BCUT2D eigenvalue weighted by Crippen LogP contribution is 2.23. The number of aromatic nitrogens is 2. The van der Waals surface area contributed by atoms with Gasteiger partial charge in [0, 0.05) is 5.69 Å². The molecule has 2 aromatic heterocycles. The molecule has 0 aromatic carbocycles. The van der Waals surface area contributed by atoms with E-state index in [-0.39, 0.29) is 12.3 Å². The maximum atomic E-state index is 12.7. The first-order chi connectivity index (χ1) is 12.2. The molecule has 0 aliphatic rings. The van der Waals surface area contributed by atoms with Gasteiger partial charge in [0.25, 0.3) is 0 Å². The fraction of sp³-hybridized carbons (Fsp3) is 0.444. The van der Waals surface area contributed by atoms with E-state index in [0.29, 0.717) is 27.4 Å². The molecule has 0 amide bonds. The molecule has 1 atom stereocenters. The Kier molecular flexibility index (Phi) is 5.97. The van der Waals surface area contributed by atoms with Gasteiger partial charge in [-0.15, -0.1) is 11.3 Å². The molecule has 140 valence electrons. The molecule has 2 aromatic rings. The first-order valence-corrected chi connectivity index (χ1v) is 9.04. The average molecular weight is 378 g/mol. The van der Waals surface area contributed by atoms with Crippen LogP contribution in [0.2, 0.25) is 0 Å². The summed E-state index contributed by atoms with van der Waals surface area (Å²) in [6.07, 6.45) is -1.00. The van der Waals surface area contributed by atoms with Crippen LogP contribution >= 0.6 is 11.3 Å². The largest absolute Gasteiger partial charge is 0.462 e. The molecule has 0 unspecified atom stereocenters. The van der Waals surface area contributed by atoms with Gasteiger partial charge in [-0.05, 0) is 47.1 Å². The summed E-state index contributed by atoms with van der Waals surface area (Å²) in [5.41, 5.74) is 2.18. The van der Waals surface area contributed by atoms with Crippen molar-refractivity contribution >= 4 is 29.1 Å². The number of ketones is 1. The normalized spacial score (nSPS) is 11.9. The van der Waals surface area contributed by atoms with Crippen molar-refractivity contribution in [1.29, 1.82) is 0 Å². The number of ether oxygens (including phenoxy) is 2. The van der Waals surface area contributed by atoms with E-state index in [9.17, 15) is 14.4 Å². The van der Waals surface area contributed by atoms with E-state index in [2.05, 4.69) is 9.97 Å². The SMILES string of the molecule is CCOC(=O)c1c(C)[nH]c(C(=O)[C@H](C)OC(=O)c2sc(C)nc2C)c1C. The Hall–Kier alpha value is -2.48. The number of hydrogen-bond donors (Lipinski definition) is 1. The van der Waals surface area contributed by atoms with Crippen molar-refractivity contribution < 1.29 is 23.9 Å². The van der Waals surface area contributed by atoms with Gasteiger partial charge in [0.05, 0.1) is 28.6 Å². The third-order valence-corrected chi connectivity index (χ3v) is 4.96. The zero-order chi connectivity index (χ0) is 19.6. The molecule has 8 heteroatoms. The van der Waals surface area contributed by atoms with Crippen LogP contribution in [0.4, 0.5) is 0 Å². The minimum atomic E-state index is -1.00. The maximum Gasteiger partial charge on any atom is 0.350 e. The van der Waals surface area contributed by atoms with Gasteiger partial charge in [0.2, 0.25) is 5.78 Å². The standard InChI is InChI=1S/C18H22N2O5S/c1-7-24-17(22)13-8(2)14(20-9(13)3)15(21)11(5)25-18(23)16-10(4)19-12(6)26-16/h11,20H,7H2,1-6H3/t11-/m0/s1. The Labute approximate surface area is 155 Å². The maximum absolute atomic E-state index is 12.7. The number of rotatable bonds is 6.